The van der Waals surface area contributed by atoms with Gasteiger partial charge in [-0.1, -0.05) is 59.7 Å². The number of ether oxygens (including phenoxy) is 2. The third kappa shape index (κ3) is 6.95. The number of methoxy groups -OCH3 is 2. The molecule has 6 nitrogen and oxygen atoms in total. The largest absolute Gasteiger partial charge is 0.479 e. The van der Waals surface area contributed by atoms with Crippen molar-refractivity contribution in [3.63, 3.8) is 0 Å². The predicted molar refractivity (Wildman–Crippen MR) is 151 cm³/mol. The molecule has 2 aliphatic rings. The second-order valence-electron chi connectivity index (χ2n) is 8.47. The maximum Gasteiger partial charge on any atom is 0.410 e. The number of rotatable bonds is 2. The summed E-state index contributed by atoms with van der Waals surface area (Å²) >= 11 is 1.63. The van der Waals surface area contributed by atoms with E-state index in [1.807, 2.05) is 69.5 Å². The average Bonchev–Trinajstić information content (AvgIpc) is 3.64. The standard InChI is InChI=1S/C13H10N2OS.C12H16FNO2.2C2H6/c1-16-13-12(11-7-4-8-17-11)14-9-5-2-3-6-10(9)15-13;1-12(2)5-4-10(13)8-6-14(7-9(8)12)11(15)16-3;2*1-2/h2-8H,1H3;4H,5-7H2,1-3H3;2*1-2H3. The number of nitrogens with zero attached hydrogens (tertiary/aromatic N) is 3. The average molecular weight is 528 g/mol. The highest BCUT2D eigenvalue weighted by Gasteiger charge is 2.38. The van der Waals surface area contributed by atoms with Gasteiger partial charge in [-0.3, -0.25) is 4.90 Å². The summed E-state index contributed by atoms with van der Waals surface area (Å²) in [6.45, 7) is 13.0. The van der Waals surface area contributed by atoms with E-state index in [1.54, 1.807) is 24.5 Å². The molecule has 3 aromatic rings. The maximum absolute atomic E-state index is 13.6. The molecule has 3 heterocycles. The second kappa shape index (κ2) is 13.9. The van der Waals surface area contributed by atoms with Crippen molar-refractivity contribution in [3.8, 4) is 16.5 Å². The zero-order valence-electron chi connectivity index (χ0n) is 23.1. The minimum absolute atomic E-state index is 0.0618. The number of aromatic nitrogens is 2. The SMILES string of the molecule is CC.CC.COC(=O)N1CC2=C(C1)C(C)(C)CC=C2F.COc1nc2ccccc2nc1-c1cccs1. The number of thiophene rings is 1. The summed E-state index contributed by atoms with van der Waals surface area (Å²) < 4.78 is 23.6. The van der Waals surface area contributed by atoms with Crippen LogP contribution in [0, 0.1) is 5.41 Å². The number of para-hydroxylation sites is 2. The lowest BCUT2D eigenvalue weighted by Gasteiger charge is -2.29. The van der Waals surface area contributed by atoms with E-state index in [0.29, 0.717) is 31.0 Å². The van der Waals surface area contributed by atoms with Crippen molar-refractivity contribution in [1.82, 2.24) is 14.9 Å². The Balaban J connectivity index is 0.000000230. The van der Waals surface area contributed by atoms with Gasteiger partial charge in [-0.05, 0) is 47.1 Å². The van der Waals surface area contributed by atoms with E-state index in [2.05, 4.69) is 28.6 Å². The molecule has 1 amide bonds. The molecule has 1 aliphatic heterocycles. The summed E-state index contributed by atoms with van der Waals surface area (Å²) in [5, 5.41) is 2.02. The number of allylic oxidation sites excluding steroid dienone is 1. The van der Waals surface area contributed by atoms with Crippen molar-refractivity contribution in [2.75, 3.05) is 27.3 Å². The molecule has 5 rings (SSSR count). The zero-order valence-corrected chi connectivity index (χ0v) is 23.9. The molecule has 1 aromatic carbocycles. The van der Waals surface area contributed by atoms with Gasteiger partial charge in [-0.25, -0.2) is 19.2 Å². The van der Waals surface area contributed by atoms with Crippen LogP contribution >= 0.6 is 11.3 Å². The minimum Gasteiger partial charge on any atom is -0.479 e. The summed E-state index contributed by atoms with van der Waals surface area (Å²) in [5.41, 5.74) is 4.18. The molecule has 0 saturated heterocycles. The third-order valence-electron chi connectivity index (χ3n) is 5.88. The van der Waals surface area contributed by atoms with Crippen LogP contribution in [0.5, 0.6) is 5.88 Å². The Morgan fingerprint density at radius 3 is 2.19 bits per heavy atom. The molecule has 0 radical (unpaired) electrons. The molecule has 0 fully saturated rings. The van der Waals surface area contributed by atoms with E-state index in [9.17, 15) is 9.18 Å². The highest BCUT2D eigenvalue weighted by Crippen LogP contribution is 2.43. The number of fused-ring (bicyclic) bond motifs is 1. The van der Waals surface area contributed by atoms with Crippen LogP contribution in [-0.2, 0) is 4.74 Å². The first kappa shape index (κ1) is 30.0. The number of hydrogen-bond donors (Lipinski definition) is 0. The Morgan fingerprint density at radius 2 is 1.65 bits per heavy atom. The molecule has 0 spiro atoms. The first-order valence-corrected chi connectivity index (χ1v) is 13.5. The van der Waals surface area contributed by atoms with Crippen LogP contribution in [0.25, 0.3) is 21.6 Å². The highest BCUT2D eigenvalue weighted by molar-refractivity contribution is 7.13. The molecule has 0 bridgehead atoms. The number of carbonyl (C=O) groups excluding carboxylic acids is 1. The van der Waals surface area contributed by atoms with Gasteiger partial charge in [-0.15, -0.1) is 11.3 Å². The number of carbonyl (C=O) groups is 1. The van der Waals surface area contributed by atoms with Crippen LogP contribution < -0.4 is 4.74 Å². The molecule has 2 aromatic heterocycles. The first-order chi connectivity index (χ1) is 17.8. The van der Waals surface area contributed by atoms with Crippen LogP contribution in [0.1, 0.15) is 48.0 Å². The van der Waals surface area contributed by atoms with Gasteiger partial charge in [0.15, 0.2) is 0 Å². The maximum atomic E-state index is 13.6. The molecule has 0 unspecified atom stereocenters. The lowest BCUT2D eigenvalue weighted by molar-refractivity contribution is 0.133. The lowest BCUT2D eigenvalue weighted by atomic mass is 9.76. The van der Waals surface area contributed by atoms with Crippen molar-refractivity contribution < 1.29 is 18.7 Å². The Hall–Kier alpha value is -3.26. The smallest absolute Gasteiger partial charge is 0.410 e. The summed E-state index contributed by atoms with van der Waals surface area (Å²) in [4.78, 5) is 23.1. The minimum atomic E-state index is -0.391. The van der Waals surface area contributed by atoms with Gasteiger partial charge in [0.05, 0.1) is 36.7 Å². The van der Waals surface area contributed by atoms with Crippen molar-refractivity contribution >= 4 is 28.5 Å². The van der Waals surface area contributed by atoms with Gasteiger partial charge < -0.3 is 9.47 Å². The summed E-state index contributed by atoms with van der Waals surface area (Å²) in [6, 6.07) is 11.8. The van der Waals surface area contributed by atoms with Crippen LogP contribution in [0.2, 0.25) is 0 Å². The number of hydrogen-bond acceptors (Lipinski definition) is 6. The van der Waals surface area contributed by atoms with E-state index >= 15 is 0 Å². The Bertz CT molecular complexity index is 1240. The van der Waals surface area contributed by atoms with Crippen LogP contribution in [0.4, 0.5) is 9.18 Å². The van der Waals surface area contributed by atoms with Crippen molar-refractivity contribution in [2.24, 2.45) is 5.41 Å². The van der Waals surface area contributed by atoms with Crippen LogP contribution in [0.3, 0.4) is 0 Å². The Kier molecular flexibility index (Phi) is 11.2. The van der Waals surface area contributed by atoms with Crippen molar-refractivity contribution in [2.45, 2.75) is 48.0 Å². The van der Waals surface area contributed by atoms with E-state index in [0.717, 1.165) is 27.2 Å². The number of halogens is 1. The Labute approximate surface area is 223 Å². The predicted octanol–water partition coefficient (Wildman–Crippen LogP) is 8.07. The molecule has 1 aliphatic carbocycles. The zero-order chi connectivity index (χ0) is 27.6. The van der Waals surface area contributed by atoms with Gasteiger partial charge in [0.1, 0.15) is 11.5 Å². The van der Waals surface area contributed by atoms with E-state index < -0.39 is 6.09 Å². The molecule has 0 saturated carbocycles. The normalized spacial score (nSPS) is 15.2. The summed E-state index contributed by atoms with van der Waals surface area (Å²) in [6.07, 6.45) is 1.91. The van der Waals surface area contributed by atoms with Gasteiger partial charge in [0, 0.05) is 12.1 Å². The van der Waals surface area contributed by atoms with E-state index in [1.165, 1.54) is 12.0 Å². The van der Waals surface area contributed by atoms with Gasteiger partial charge in [0.2, 0.25) is 5.88 Å². The first-order valence-electron chi connectivity index (χ1n) is 12.6. The van der Waals surface area contributed by atoms with E-state index in [-0.39, 0.29) is 11.2 Å². The van der Waals surface area contributed by atoms with Crippen molar-refractivity contribution in [3.05, 3.63) is 64.8 Å². The number of benzene rings is 1. The fourth-order valence-corrected chi connectivity index (χ4v) is 4.73. The monoisotopic (exact) mass is 527 g/mol. The third-order valence-corrected chi connectivity index (χ3v) is 6.75. The number of amides is 1. The molecule has 0 N–H and O–H groups in total. The van der Waals surface area contributed by atoms with Crippen LogP contribution in [-0.4, -0.2) is 48.3 Å². The second-order valence-corrected chi connectivity index (χ2v) is 9.42. The van der Waals surface area contributed by atoms with Gasteiger partial charge >= 0.3 is 6.09 Å². The van der Waals surface area contributed by atoms with Gasteiger partial charge in [-0.2, -0.15) is 0 Å². The Morgan fingerprint density at radius 1 is 1.00 bits per heavy atom. The highest BCUT2D eigenvalue weighted by atomic mass is 32.1. The molecule has 0 atom stereocenters. The molecule has 200 valence electrons. The van der Waals surface area contributed by atoms with Crippen molar-refractivity contribution in [1.29, 1.82) is 0 Å². The topological polar surface area (TPSA) is 64.5 Å². The molecular weight excluding hydrogens is 489 g/mol. The van der Waals surface area contributed by atoms with Crippen LogP contribution in [0.15, 0.2) is 64.8 Å². The molecular formula is C29H38FN3O3S. The van der Waals surface area contributed by atoms with E-state index in [4.69, 9.17) is 4.74 Å². The summed E-state index contributed by atoms with van der Waals surface area (Å²) in [7, 11) is 2.97. The fraction of sp³-hybridized carbons (Fsp3) is 0.414. The summed E-state index contributed by atoms with van der Waals surface area (Å²) in [5.74, 6) is 0.395. The quantitative estimate of drug-likeness (QED) is 0.337. The molecule has 8 heteroatoms. The fourth-order valence-electron chi connectivity index (χ4n) is 4.02. The van der Waals surface area contributed by atoms with Gasteiger partial charge in [0.25, 0.3) is 0 Å². The lowest BCUT2D eigenvalue weighted by Crippen LogP contribution is -2.30. The molecule has 37 heavy (non-hydrogen) atoms.